The van der Waals surface area contributed by atoms with Crippen LogP contribution in [0.4, 0.5) is 0 Å². The summed E-state index contributed by atoms with van der Waals surface area (Å²) in [5.74, 6) is 2.80. The molecule has 1 atom stereocenters. The summed E-state index contributed by atoms with van der Waals surface area (Å²) in [5.41, 5.74) is 14.9. The van der Waals surface area contributed by atoms with E-state index in [2.05, 4.69) is 252 Å². The first-order valence-electron chi connectivity index (χ1n) is 24.3. The number of imidazole rings is 1. The molecule has 0 saturated carbocycles. The van der Waals surface area contributed by atoms with E-state index < -0.39 is 0 Å². The van der Waals surface area contributed by atoms with Gasteiger partial charge in [-0.25, -0.2) is 4.98 Å². The Morgan fingerprint density at radius 3 is 1.81 bits per heavy atom. The Kier molecular flexibility index (Phi) is 11.5. The van der Waals surface area contributed by atoms with Crippen molar-refractivity contribution in [1.29, 1.82) is 0 Å². The molecule has 0 bridgehead atoms. The second-order valence-electron chi connectivity index (χ2n) is 18.7. The van der Waals surface area contributed by atoms with Crippen molar-refractivity contribution in [2.45, 2.75) is 26.7 Å². The summed E-state index contributed by atoms with van der Waals surface area (Å²) in [7, 11) is 0. The molecule has 72 heavy (non-hydrogen) atoms. The molecule has 0 fully saturated rings. The number of benzene rings is 9. The number of fused-ring (bicyclic) bond motifs is 7. The van der Waals surface area contributed by atoms with Crippen LogP contribution in [0.15, 0.2) is 219 Å². The molecule has 7 heteroatoms. The van der Waals surface area contributed by atoms with E-state index >= 15 is 0 Å². The molecule has 6 nitrogen and oxygen atoms in total. The average molecular weight is 1110 g/mol. The largest absolute Gasteiger partial charge is 0.510 e. The number of aromatic nitrogens is 5. The van der Waals surface area contributed by atoms with Crippen LogP contribution in [0.1, 0.15) is 32.3 Å². The Balaban J connectivity index is 0.00000530. The minimum atomic E-state index is 0. The van der Waals surface area contributed by atoms with Gasteiger partial charge in [-0.1, -0.05) is 166 Å². The summed E-state index contributed by atoms with van der Waals surface area (Å²) in [6.07, 6.45) is 5.71. The van der Waals surface area contributed by atoms with Crippen LogP contribution >= 0.6 is 0 Å². The van der Waals surface area contributed by atoms with Gasteiger partial charge in [0.2, 0.25) is 0 Å². The van der Waals surface area contributed by atoms with Crippen LogP contribution in [-0.4, -0.2) is 18.7 Å². The molecule has 350 valence electrons. The number of hydrogen-bond acceptors (Lipinski definition) is 2. The van der Waals surface area contributed by atoms with Crippen molar-refractivity contribution in [2.75, 3.05) is 0 Å². The molecule has 4 heterocycles. The first-order valence-corrected chi connectivity index (χ1v) is 24.3. The summed E-state index contributed by atoms with van der Waals surface area (Å²) < 4.78 is 15.7. The molecule has 0 aliphatic rings. The molecule has 9 aromatic carbocycles. The maximum Gasteiger partial charge on any atom is 0.268 e. The fraction of sp³-hybridized carbons (Fsp3) is 0.0769. The maximum absolute atomic E-state index is 6.78. The van der Waals surface area contributed by atoms with Gasteiger partial charge in [0, 0.05) is 60.7 Å². The molecule has 0 aliphatic heterocycles. The Labute approximate surface area is 432 Å². The maximum atomic E-state index is 6.78. The summed E-state index contributed by atoms with van der Waals surface area (Å²) in [6, 6.07) is 82.1. The molecular weight excluding hydrogens is 1060 g/mol. The number of ether oxygens (including phenoxy) is 1. The molecule has 13 rings (SSSR count). The molecule has 0 radical (unpaired) electrons. The zero-order chi connectivity index (χ0) is 47.6. The molecule has 1 unspecified atom stereocenters. The topological polar surface area (TPSA) is 40.8 Å². The van der Waals surface area contributed by atoms with Crippen molar-refractivity contribution in [2.24, 2.45) is 5.92 Å². The smallest absolute Gasteiger partial charge is 0.268 e. The van der Waals surface area contributed by atoms with Crippen molar-refractivity contribution in [1.82, 2.24) is 18.7 Å². The van der Waals surface area contributed by atoms with Gasteiger partial charge in [-0.15, -0.1) is 29.7 Å². The number of para-hydroxylation sites is 5. The van der Waals surface area contributed by atoms with Crippen LogP contribution in [0.25, 0.3) is 99.8 Å². The summed E-state index contributed by atoms with van der Waals surface area (Å²) in [4.78, 5) is 5.01. The Bertz CT molecular complexity index is 4040. The molecule has 4 aromatic heterocycles. The summed E-state index contributed by atoms with van der Waals surface area (Å²) in [5, 5.41) is 4.62. The molecular formula is C65H47N5OPt-2. The first kappa shape index (κ1) is 44.9. The normalized spacial score (nSPS) is 12.1. The van der Waals surface area contributed by atoms with E-state index in [0.717, 1.165) is 78.0 Å². The van der Waals surface area contributed by atoms with E-state index in [4.69, 9.17) is 9.72 Å². The number of rotatable bonds is 10. The van der Waals surface area contributed by atoms with E-state index in [1.807, 2.05) is 24.4 Å². The van der Waals surface area contributed by atoms with Gasteiger partial charge in [0.05, 0.1) is 27.8 Å². The van der Waals surface area contributed by atoms with E-state index in [1.165, 1.54) is 27.4 Å². The van der Waals surface area contributed by atoms with Gasteiger partial charge >= 0.3 is 0 Å². The van der Waals surface area contributed by atoms with Gasteiger partial charge in [-0.3, -0.25) is 4.57 Å². The quantitative estimate of drug-likeness (QED) is 0.101. The van der Waals surface area contributed by atoms with Gasteiger partial charge in [-0.2, -0.15) is 18.2 Å². The third-order valence-corrected chi connectivity index (χ3v) is 14.2. The van der Waals surface area contributed by atoms with E-state index in [9.17, 15) is 0 Å². The number of nitrogens with zero attached hydrogens (tertiary/aromatic N) is 5. The predicted molar refractivity (Wildman–Crippen MR) is 288 cm³/mol. The van der Waals surface area contributed by atoms with Gasteiger partial charge < -0.3 is 18.4 Å². The van der Waals surface area contributed by atoms with Crippen molar-refractivity contribution in [3.8, 4) is 56.6 Å². The third kappa shape index (κ3) is 7.62. The van der Waals surface area contributed by atoms with Crippen LogP contribution in [-0.2, 0) is 21.1 Å². The zero-order valence-electron chi connectivity index (χ0n) is 39.9. The molecule has 0 amide bonds. The molecule has 0 spiro atoms. The van der Waals surface area contributed by atoms with Crippen molar-refractivity contribution < 1.29 is 30.4 Å². The van der Waals surface area contributed by atoms with Crippen LogP contribution in [0, 0.1) is 24.4 Å². The van der Waals surface area contributed by atoms with Gasteiger partial charge in [0.1, 0.15) is 5.82 Å². The van der Waals surface area contributed by atoms with Crippen molar-refractivity contribution >= 4 is 54.6 Å². The average Bonchev–Trinajstić information content (AvgIpc) is 4.09. The minimum absolute atomic E-state index is 0. The van der Waals surface area contributed by atoms with Crippen molar-refractivity contribution in [3.63, 3.8) is 0 Å². The van der Waals surface area contributed by atoms with E-state index in [1.54, 1.807) is 0 Å². The fourth-order valence-corrected chi connectivity index (χ4v) is 10.4. The number of pyridine rings is 1. The monoisotopic (exact) mass is 1110 g/mol. The van der Waals surface area contributed by atoms with E-state index in [-0.39, 0.29) is 21.1 Å². The van der Waals surface area contributed by atoms with Crippen LogP contribution in [0.3, 0.4) is 0 Å². The predicted octanol–water partition coefficient (Wildman–Crippen LogP) is 15.8. The standard InChI is InChI=1S/C65H47N5O.Pt/c1-43(2)44(3)47-36-37-66-64(38-47)70-60-35-32-49(69-58-28-12-10-24-54(58)55-25-11-13-29-59(55)69)40-57(60)56-34-33-51(41-63(56)70)71-50-23-16-22-48(39-50)67-42-68(62-31-15-14-30-61(62)67)65-52(45-18-6-4-7-19-45)26-17-27-53(65)46-20-8-5-9-21-46;/h4-38,40,43-44H,1-3H3;/q-2;. The van der Waals surface area contributed by atoms with Gasteiger partial charge in [0.25, 0.3) is 6.33 Å². The Hall–Kier alpha value is -8.31. The second kappa shape index (κ2) is 18.5. The molecule has 13 aromatic rings. The SMILES string of the molecule is CC(C)C(C)c1ccnc(-n2c3[c-]c(Oc4[c-]c(-n5[c-][n+](-c6c(-c7ccccc7)cccc6-c6ccccc6)c6ccccc65)ccc4)ccc3c3cc(-n4c5ccccc5c5ccccc54)ccc32)c1.[Pt]. The molecule has 0 saturated heterocycles. The number of hydrogen-bond donors (Lipinski definition) is 0. The summed E-state index contributed by atoms with van der Waals surface area (Å²) >= 11 is 0. The van der Waals surface area contributed by atoms with Crippen LogP contribution in [0.5, 0.6) is 11.5 Å². The minimum Gasteiger partial charge on any atom is -0.510 e. The second-order valence-corrected chi connectivity index (χ2v) is 18.7. The molecule has 0 N–H and O–H groups in total. The zero-order valence-corrected chi connectivity index (χ0v) is 42.2. The van der Waals surface area contributed by atoms with E-state index in [0.29, 0.717) is 23.3 Å². The first-order chi connectivity index (χ1) is 35.0. The summed E-state index contributed by atoms with van der Waals surface area (Å²) in [6.45, 7) is 6.83. The molecule has 0 aliphatic carbocycles. The van der Waals surface area contributed by atoms with Crippen LogP contribution in [0.2, 0.25) is 0 Å². The Morgan fingerprint density at radius 2 is 1.11 bits per heavy atom. The third-order valence-electron chi connectivity index (χ3n) is 14.2. The van der Waals surface area contributed by atoms with Crippen LogP contribution < -0.4 is 9.30 Å². The van der Waals surface area contributed by atoms with Gasteiger partial charge in [-0.05, 0) is 93.2 Å². The Morgan fingerprint density at radius 1 is 0.500 bits per heavy atom. The fourth-order valence-electron chi connectivity index (χ4n) is 10.4. The van der Waals surface area contributed by atoms with Gasteiger partial charge in [0.15, 0.2) is 0 Å². The van der Waals surface area contributed by atoms with Crippen molar-refractivity contribution in [3.05, 3.63) is 243 Å².